The van der Waals surface area contributed by atoms with Crippen LogP contribution < -0.4 is 0 Å². The van der Waals surface area contributed by atoms with Crippen molar-refractivity contribution in [2.24, 2.45) is 11.0 Å². The van der Waals surface area contributed by atoms with E-state index in [2.05, 4.69) is 24.1 Å². The van der Waals surface area contributed by atoms with E-state index in [0.29, 0.717) is 0 Å². The monoisotopic (exact) mass is 152 g/mol. The predicted octanol–water partition coefficient (Wildman–Crippen LogP) is 1.87. The van der Waals surface area contributed by atoms with Crippen molar-refractivity contribution in [1.29, 1.82) is 0 Å². The number of rotatable bonds is 1. The van der Waals surface area contributed by atoms with E-state index in [-0.39, 0.29) is 0 Å². The molecule has 0 bridgehead atoms. The molecule has 0 aromatic carbocycles. The highest BCUT2D eigenvalue weighted by molar-refractivity contribution is 5.83. The zero-order chi connectivity index (χ0) is 7.84. The second-order valence-electron chi connectivity index (χ2n) is 3.87. The van der Waals surface area contributed by atoms with Crippen molar-refractivity contribution >= 4 is 5.71 Å². The Kier molecular flexibility index (Phi) is 1.63. The Morgan fingerprint density at radius 1 is 1.45 bits per heavy atom. The topological polar surface area (TPSA) is 15.6 Å². The summed E-state index contributed by atoms with van der Waals surface area (Å²) in [6.07, 6.45) is 5.50. The average molecular weight is 152 g/mol. The van der Waals surface area contributed by atoms with Crippen molar-refractivity contribution in [2.45, 2.75) is 38.6 Å². The van der Waals surface area contributed by atoms with Crippen molar-refractivity contribution in [1.82, 2.24) is 5.01 Å². The highest BCUT2D eigenvalue weighted by atomic mass is 15.5. The van der Waals surface area contributed by atoms with Crippen LogP contribution in [0.5, 0.6) is 0 Å². The van der Waals surface area contributed by atoms with Crippen LogP contribution in [0.2, 0.25) is 0 Å². The second-order valence-corrected chi connectivity index (χ2v) is 3.87. The van der Waals surface area contributed by atoms with Crippen LogP contribution in [0.25, 0.3) is 0 Å². The first-order chi connectivity index (χ1) is 5.27. The summed E-state index contributed by atoms with van der Waals surface area (Å²) in [5.41, 5.74) is 1.31. The molecule has 1 aliphatic carbocycles. The predicted molar refractivity (Wildman–Crippen MR) is 46.6 cm³/mol. The molecular weight excluding hydrogens is 136 g/mol. The number of hydrogen-bond donors (Lipinski definition) is 0. The molecule has 11 heavy (non-hydrogen) atoms. The highest BCUT2D eigenvalue weighted by Crippen LogP contribution is 2.35. The third-order valence-electron chi connectivity index (χ3n) is 3.01. The van der Waals surface area contributed by atoms with Crippen molar-refractivity contribution in [3.8, 4) is 0 Å². The van der Waals surface area contributed by atoms with Gasteiger partial charge in [0.25, 0.3) is 0 Å². The lowest BCUT2D eigenvalue weighted by molar-refractivity contribution is 0.142. The summed E-state index contributed by atoms with van der Waals surface area (Å²) in [6, 6.07) is 0.740. The van der Waals surface area contributed by atoms with Crippen LogP contribution in [0.3, 0.4) is 0 Å². The van der Waals surface area contributed by atoms with Crippen LogP contribution in [0.4, 0.5) is 0 Å². The quantitative estimate of drug-likeness (QED) is 0.560. The van der Waals surface area contributed by atoms with E-state index in [9.17, 15) is 0 Å². The molecular formula is C9H16N2. The molecule has 1 atom stereocenters. The largest absolute Gasteiger partial charge is 0.296 e. The van der Waals surface area contributed by atoms with E-state index in [0.717, 1.165) is 12.0 Å². The maximum atomic E-state index is 4.42. The molecule has 1 fully saturated rings. The van der Waals surface area contributed by atoms with Gasteiger partial charge >= 0.3 is 0 Å². The van der Waals surface area contributed by atoms with Crippen LogP contribution in [0, 0.1) is 5.92 Å². The van der Waals surface area contributed by atoms with Crippen LogP contribution >= 0.6 is 0 Å². The van der Waals surface area contributed by atoms with Crippen molar-refractivity contribution in [3.63, 3.8) is 0 Å². The number of nitrogens with zero attached hydrogens (tertiary/aromatic N) is 2. The molecule has 1 heterocycles. The first-order valence-electron chi connectivity index (χ1n) is 4.54. The van der Waals surface area contributed by atoms with Gasteiger partial charge in [0.1, 0.15) is 0 Å². The summed E-state index contributed by atoms with van der Waals surface area (Å²) in [5.74, 6) is 0.946. The number of hydrazone groups is 1. The molecule has 2 heteroatoms. The average Bonchev–Trinajstić information content (AvgIpc) is 2.07. The van der Waals surface area contributed by atoms with Crippen LogP contribution in [0.1, 0.15) is 32.6 Å². The molecule has 2 aliphatic rings. The summed E-state index contributed by atoms with van der Waals surface area (Å²) >= 11 is 0. The Hall–Kier alpha value is -0.530. The minimum Gasteiger partial charge on any atom is -0.296 e. The Morgan fingerprint density at radius 3 is 2.55 bits per heavy atom. The minimum absolute atomic E-state index is 0.740. The SMILES string of the molecule is CC1=NN(C)C(C2CCC2)C1. The van der Waals surface area contributed by atoms with Gasteiger partial charge in [-0.3, -0.25) is 5.01 Å². The van der Waals surface area contributed by atoms with E-state index in [4.69, 9.17) is 0 Å². The third-order valence-corrected chi connectivity index (χ3v) is 3.01. The standard InChI is InChI=1S/C9H16N2/c1-7-6-9(11(2)10-7)8-4-3-5-8/h8-9H,3-6H2,1-2H3. The van der Waals surface area contributed by atoms with Crippen molar-refractivity contribution < 1.29 is 0 Å². The lowest BCUT2D eigenvalue weighted by atomic mass is 9.78. The van der Waals surface area contributed by atoms with Crippen LogP contribution in [0.15, 0.2) is 5.10 Å². The second kappa shape index (κ2) is 2.50. The fourth-order valence-electron chi connectivity index (χ4n) is 2.12. The van der Waals surface area contributed by atoms with Gasteiger partial charge in [-0.1, -0.05) is 6.42 Å². The Balaban J connectivity index is 1.96. The normalized spacial score (nSPS) is 32.0. The zero-order valence-electron chi connectivity index (χ0n) is 7.38. The first-order valence-corrected chi connectivity index (χ1v) is 4.54. The molecule has 0 amide bonds. The van der Waals surface area contributed by atoms with E-state index < -0.39 is 0 Å². The van der Waals surface area contributed by atoms with E-state index in [1.165, 1.54) is 31.4 Å². The Bertz CT molecular complexity index is 182. The zero-order valence-corrected chi connectivity index (χ0v) is 7.38. The molecule has 1 aliphatic heterocycles. The molecule has 0 aromatic heterocycles. The van der Waals surface area contributed by atoms with Gasteiger partial charge in [0.2, 0.25) is 0 Å². The molecule has 1 unspecified atom stereocenters. The molecule has 62 valence electrons. The molecule has 0 aromatic rings. The van der Waals surface area contributed by atoms with Gasteiger partial charge in [0, 0.05) is 19.2 Å². The van der Waals surface area contributed by atoms with Crippen molar-refractivity contribution in [3.05, 3.63) is 0 Å². The smallest absolute Gasteiger partial charge is 0.0548 e. The Labute approximate surface area is 68.3 Å². The van der Waals surface area contributed by atoms with E-state index in [1.54, 1.807) is 0 Å². The van der Waals surface area contributed by atoms with E-state index in [1.807, 2.05) is 0 Å². The van der Waals surface area contributed by atoms with Crippen molar-refractivity contribution in [2.75, 3.05) is 7.05 Å². The molecule has 1 saturated carbocycles. The van der Waals surface area contributed by atoms with Gasteiger partial charge < -0.3 is 0 Å². The molecule has 0 saturated heterocycles. The van der Waals surface area contributed by atoms with Gasteiger partial charge in [-0.05, 0) is 25.7 Å². The minimum atomic E-state index is 0.740. The van der Waals surface area contributed by atoms with Gasteiger partial charge in [-0.2, -0.15) is 5.10 Å². The maximum Gasteiger partial charge on any atom is 0.0548 e. The summed E-state index contributed by atoms with van der Waals surface area (Å²) < 4.78 is 0. The summed E-state index contributed by atoms with van der Waals surface area (Å²) in [6.45, 7) is 2.13. The lowest BCUT2D eigenvalue weighted by Gasteiger charge is -2.34. The molecule has 0 spiro atoms. The molecule has 2 rings (SSSR count). The summed E-state index contributed by atoms with van der Waals surface area (Å²) in [4.78, 5) is 0. The van der Waals surface area contributed by atoms with Gasteiger partial charge in [0.05, 0.1) is 6.04 Å². The number of hydrogen-bond acceptors (Lipinski definition) is 2. The third kappa shape index (κ3) is 1.15. The lowest BCUT2D eigenvalue weighted by Crippen LogP contribution is -2.35. The molecule has 0 radical (unpaired) electrons. The first kappa shape index (κ1) is 7.14. The van der Waals surface area contributed by atoms with Gasteiger partial charge in [0.15, 0.2) is 0 Å². The van der Waals surface area contributed by atoms with Crippen LogP contribution in [-0.2, 0) is 0 Å². The van der Waals surface area contributed by atoms with Gasteiger partial charge in [-0.25, -0.2) is 0 Å². The molecule has 2 nitrogen and oxygen atoms in total. The fourth-order valence-corrected chi connectivity index (χ4v) is 2.12. The summed E-state index contributed by atoms with van der Waals surface area (Å²) in [5, 5.41) is 6.59. The van der Waals surface area contributed by atoms with Gasteiger partial charge in [-0.15, -0.1) is 0 Å². The highest BCUT2D eigenvalue weighted by Gasteiger charge is 2.33. The maximum absolute atomic E-state index is 4.42. The van der Waals surface area contributed by atoms with E-state index >= 15 is 0 Å². The summed E-state index contributed by atoms with van der Waals surface area (Å²) in [7, 11) is 2.11. The fraction of sp³-hybridized carbons (Fsp3) is 0.889. The van der Waals surface area contributed by atoms with Crippen LogP contribution in [-0.4, -0.2) is 23.8 Å². The molecule has 0 N–H and O–H groups in total. The Morgan fingerprint density at radius 2 is 2.18 bits per heavy atom.